The Morgan fingerprint density at radius 1 is 1.33 bits per heavy atom. The third-order valence-electron chi connectivity index (χ3n) is 3.25. The molecule has 0 aliphatic heterocycles. The number of hydrogen-bond acceptors (Lipinski definition) is 5. The molecule has 3 heterocycles. The smallest absolute Gasteiger partial charge is 0.222 e. The highest BCUT2D eigenvalue weighted by Crippen LogP contribution is 2.30. The van der Waals surface area contributed by atoms with Crippen molar-refractivity contribution in [1.29, 1.82) is 0 Å². The van der Waals surface area contributed by atoms with E-state index in [0.29, 0.717) is 18.2 Å². The Morgan fingerprint density at radius 2 is 2.19 bits per heavy atom. The molecule has 0 aliphatic rings. The Labute approximate surface area is 122 Å². The highest BCUT2D eigenvalue weighted by molar-refractivity contribution is 5.90. The molecule has 0 aliphatic carbocycles. The van der Waals surface area contributed by atoms with E-state index in [1.165, 1.54) is 0 Å². The number of nitrogens with two attached hydrogens (primary N) is 1. The van der Waals surface area contributed by atoms with E-state index >= 15 is 0 Å². The monoisotopic (exact) mass is 283 g/mol. The zero-order valence-corrected chi connectivity index (χ0v) is 12.1. The number of nitrogen functional groups attached to an aromatic ring is 1. The molecule has 0 aromatic carbocycles. The van der Waals surface area contributed by atoms with Crippen LogP contribution in [0.3, 0.4) is 0 Å². The minimum absolute atomic E-state index is 0.551. The van der Waals surface area contributed by atoms with Gasteiger partial charge in [0, 0.05) is 12.7 Å². The third kappa shape index (κ3) is 2.29. The van der Waals surface area contributed by atoms with E-state index < -0.39 is 0 Å². The second-order valence-electron chi connectivity index (χ2n) is 4.58. The lowest BCUT2D eigenvalue weighted by Gasteiger charge is -2.09. The SMILES string of the molecule is CCOc1ncccc1-c1cc(N)c2c(cnn2CC)n1. The first kappa shape index (κ1) is 13.4. The number of rotatable bonds is 4. The summed E-state index contributed by atoms with van der Waals surface area (Å²) in [5.41, 5.74) is 10.0. The summed E-state index contributed by atoms with van der Waals surface area (Å²) in [6.07, 6.45) is 3.43. The molecule has 0 spiro atoms. The fourth-order valence-electron chi connectivity index (χ4n) is 2.35. The average Bonchev–Trinajstić information content (AvgIpc) is 2.92. The van der Waals surface area contributed by atoms with Gasteiger partial charge in [-0.25, -0.2) is 9.97 Å². The van der Waals surface area contributed by atoms with E-state index in [-0.39, 0.29) is 0 Å². The Morgan fingerprint density at radius 3 is 2.95 bits per heavy atom. The second kappa shape index (κ2) is 5.40. The van der Waals surface area contributed by atoms with Crippen molar-refractivity contribution in [3.63, 3.8) is 0 Å². The fourth-order valence-corrected chi connectivity index (χ4v) is 2.35. The number of anilines is 1. The molecule has 0 fully saturated rings. The zero-order valence-electron chi connectivity index (χ0n) is 12.1. The van der Waals surface area contributed by atoms with Gasteiger partial charge >= 0.3 is 0 Å². The van der Waals surface area contributed by atoms with Crippen LogP contribution in [0.5, 0.6) is 5.88 Å². The molecule has 2 N–H and O–H groups in total. The first-order valence-electron chi connectivity index (χ1n) is 6.94. The lowest BCUT2D eigenvalue weighted by Crippen LogP contribution is -2.01. The van der Waals surface area contributed by atoms with Gasteiger partial charge in [0.15, 0.2) is 0 Å². The van der Waals surface area contributed by atoms with Gasteiger partial charge in [-0.3, -0.25) is 4.68 Å². The van der Waals surface area contributed by atoms with Gasteiger partial charge in [0.05, 0.1) is 29.7 Å². The van der Waals surface area contributed by atoms with Crippen LogP contribution < -0.4 is 10.5 Å². The van der Waals surface area contributed by atoms with Gasteiger partial charge in [-0.2, -0.15) is 5.10 Å². The maximum absolute atomic E-state index is 6.18. The number of aryl methyl sites for hydroxylation is 1. The van der Waals surface area contributed by atoms with E-state index in [1.54, 1.807) is 12.4 Å². The van der Waals surface area contributed by atoms with Gasteiger partial charge in [-0.05, 0) is 32.0 Å². The average molecular weight is 283 g/mol. The summed E-state index contributed by atoms with van der Waals surface area (Å²) in [7, 11) is 0. The Kier molecular flexibility index (Phi) is 3.43. The molecule has 108 valence electrons. The van der Waals surface area contributed by atoms with E-state index in [2.05, 4.69) is 15.1 Å². The molecule has 0 bridgehead atoms. The van der Waals surface area contributed by atoms with Crippen LogP contribution in [-0.2, 0) is 6.54 Å². The van der Waals surface area contributed by atoms with Crippen molar-refractivity contribution in [3.8, 4) is 17.1 Å². The van der Waals surface area contributed by atoms with Crippen molar-refractivity contribution in [2.24, 2.45) is 0 Å². The van der Waals surface area contributed by atoms with Gasteiger partial charge in [-0.1, -0.05) is 0 Å². The standard InChI is InChI=1S/C15H17N5O/c1-3-20-14-11(16)8-12(19-13(14)9-18-20)10-6-5-7-17-15(10)21-4-2/h5-9H,3-4H2,1-2H3,(H2,16,19). The summed E-state index contributed by atoms with van der Waals surface area (Å²) in [6, 6.07) is 5.63. The molecule has 0 saturated heterocycles. The maximum Gasteiger partial charge on any atom is 0.222 e. The minimum atomic E-state index is 0.551. The number of hydrogen-bond donors (Lipinski definition) is 1. The molecule has 0 unspecified atom stereocenters. The van der Waals surface area contributed by atoms with Crippen LogP contribution in [0.2, 0.25) is 0 Å². The van der Waals surface area contributed by atoms with Crippen molar-refractivity contribution < 1.29 is 4.74 Å². The minimum Gasteiger partial charge on any atom is -0.477 e. The second-order valence-corrected chi connectivity index (χ2v) is 4.58. The van der Waals surface area contributed by atoms with Gasteiger partial charge in [-0.15, -0.1) is 0 Å². The topological polar surface area (TPSA) is 78.9 Å². The summed E-state index contributed by atoms with van der Waals surface area (Å²) < 4.78 is 7.40. The number of fused-ring (bicyclic) bond motifs is 1. The van der Waals surface area contributed by atoms with Crippen LogP contribution in [0.4, 0.5) is 5.69 Å². The zero-order chi connectivity index (χ0) is 14.8. The molecule has 0 atom stereocenters. The first-order chi connectivity index (χ1) is 10.2. The van der Waals surface area contributed by atoms with E-state index in [0.717, 1.165) is 28.8 Å². The highest BCUT2D eigenvalue weighted by atomic mass is 16.5. The molecular formula is C15H17N5O. The Bertz CT molecular complexity index is 781. The van der Waals surface area contributed by atoms with E-state index in [9.17, 15) is 0 Å². The van der Waals surface area contributed by atoms with Crippen LogP contribution in [-0.4, -0.2) is 26.4 Å². The summed E-state index contributed by atoms with van der Waals surface area (Å²) in [5.74, 6) is 0.564. The van der Waals surface area contributed by atoms with Gasteiger partial charge in [0.2, 0.25) is 5.88 Å². The van der Waals surface area contributed by atoms with Gasteiger partial charge in [0.25, 0.3) is 0 Å². The van der Waals surface area contributed by atoms with Gasteiger partial charge < -0.3 is 10.5 Å². The number of aromatic nitrogens is 4. The molecule has 6 heteroatoms. The van der Waals surface area contributed by atoms with Crippen molar-refractivity contribution in [1.82, 2.24) is 19.7 Å². The van der Waals surface area contributed by atoms with Crippen LogP contribution in [0.25, 0.3) is 22.3 Å². The molecule has 0 radical (unpaired) electrons. The number of ether oxygens (including phenoxy) is 1. The van der Waals surface area contributed by atoms with Crippen LogP contribution in [0.15, 0.2) is 30.6 Å². The third-order valence-corrected chi connectivity index (χ3v) is 3.25. The summed E-state index contributed by atoms with van der Waals surface area (Å²) in [4.78, 5) is 8.89. The lowest BCUT2D eigenvalue weighted by molar-refractivity contribution is 0.328. The normalized spacial score (nSPS) is 11.0. The maximum atomic E-state index is 6.18. The highest BCUT2D eigenvalue weighted by Gasteiger charge is 2.13. The summed E-state index contributed by atoms with van der Waals surface area (Å²) in [6.45, 7) is 5.25. The van der Waals surface area contributed by atoms with Crippen molar-refractivity contribution in [2.75, 3.05) is 12.3 Å². The molecule has 6 nitrogen and oxygen atoms in total. The molecule has 3 rings (SSSR count). The Hall–Kier alpha value is -2.63. The molecule has 0 amide bonds. The quantitative estimate of drug-likeness (QED) is 0.795. The number of pyridine rings is 2. The van der Waals surface area contributed by atoms with E-state index in [1.807, 2.05) is 36.7 Å². The van der Waals surface area contributed by atoms with Crippen LogP contribution in [0, 0.1) is 0 Å². The molecule has 3 aromatic rings. The number of nitrogens with zero attached hydrogens (tertiary/aromatic N) is 4. The largest absolute Gasteiger partial charge is 0.477 e. The predicted octanol–water partition coefficient (Wildman–Crippen LogP) is 2.49. The van der Waals surface area contributed by atoms with Crippen molar-refractivity contribution in [3.05, 3.63) is 30.6 Å². The lowest BCUT2D eigenvalue weighted by atomic mass is 10.1. The van der Waals surface area contributed by atoms with Crippen molar-refractivity contribution >= 4 is 16.7 Å². The van der Waals surface area contributed by atoms with Gasteiger partial charge in [0.1, 0.15) is 11.0 Å². The van der Waals surface area contributed by atoms with Crippen molar-refractivity contribution in [2.45, 2.75) is 20.4 Å². The summed E-state index contributed by atoms with van der Waals surface area (Å²) >= 11 is 0. The molecular weight excluding hydrogens is 266 g/mol. The Balaban J connectivity index is 2.18. The van der Waals surface area contributed by atoms with Crippen LogP contribution in [0.1, 0.15) is 13.8 Å². The van der Waals surface area contributed by atoms with Crippen LogP contribution >= 0.6 is 0 Å². The predicted molar refractivity (Wildman–Crippen MR) is 82.0 cm³/mol. The molecule has 0 saturated carbocycles. The molecule has 21 heavy (non-hydrogen) atoms. The fraction of sp³-hybridized carbons (Fsp3) is 0.267. The van der Waals surface area contributed by atoms with E-state index in [4.69, 9.17) is 10.5 Å². The summed E-state index contributed by atoms with van der Waals surface area (Å²) in [5, 5.41) is 4.30. The molecule has 3 aromatic heterocycles. The first-order valence-corrected chi connectivity index (χ1v) is 6.94.